The van der Waals surface area contributed by atoms with Gasteiger partial charge in [0.2, 0.25) is 0 Å². The van der Waals surface area contributed by atoms with Crippen LogP contribution in [0.5, 0.6) is 0 Å². The Kier molecular flexibility index (Phi) is 5.23. The van der Waals surface area contributed by atoms with E-state index >= 15 is 0 Å². The zero-order valence-electron chi connectivity index (χ0n) is 16.2. The van der Waals surface area contributed by atoms with Crippen LogP contribution in [0, 0.1) is 0 Å². The fraction of sp³-hybridized carbons (Fsp3) is 0.174. The number of carbonyl (C=O) groups is 1. The highest BCUT2D eigenvalue weighted by atomic mass is 79.9. The number of halogens is 1. The molecule has 0 saturated carbocycles. The maximum Gasteiger partial charge on any atom is 0.264 e. The lowest BCUT2D eigenvalue weighted by Gasteiger charge is -2.35. The number of thiophene rings is 1. The van der Waals surface area contributed by atoms with Crippen molar-refractivity contribution in [2.75, 3.05) is 31.1 Å². The normalized spacial score (nSPS) is 14.3. The average Bonchev–Trinajstić information content (AvgIpc) is 3.33. The molecule has 30 heavy (non-hydrogen) atoms. The number of anilines is 1. The van der Waals surface area contributed by atoms with Crippen LogP contribution in [0.2, 0.25) is 0 Å². The monoisotopic (exact) mass is 478 g/mol. The topological polar surface area (TPSA) is 49.3 Å². The lowest BCUT2D eigenvalue weighted by molar-refractivity contribution is 0.0751. The van der Waals surface area contributed by atoms with E-state index in [0.717, 1.165) is 44.7 Å². The molecule has 0 unspecified atom stereocenters. The molecule has 1 amide bonds. The second-order valence-electron chi connectivity index (χ2n) is 7.15. The standard InChI is InChI=1S/C23H19BrN4OS/c24-17-6-3-5-16(15-17)21-25-19-8-2-1-7-18(19)22(26-21)27-10-12-28(13-11-27)23(29)20-9-4-14-30-20/h1-9,14-15H,10-13H2. The first kappa shape index (κ1) is 19.2. The zero-order valence-corrected chi connectivity index (χ0v) is 18.6. The number of benzene rings is 2. The van der Waals surface area contributed by atoms with Crippen LogP contribution in [0.15, 0.2) is 70.5 Å². The van der Waals surface area contributed by atoms with Gasteiger partial charge in [0.05, 0.1) is 10.4 Å². The Morgan fingerprint density at radius 1 is 0.933 bits per heavy atom. The number of nitrogens with zero attached hydrogens (tertiary/aromatic N) is 4. The molecule has 7 heteroatoms. The zero-order chi connectivity index (χ0) is 20.5. The van der Waals surface area contributed by atoms with Crippen molar-refractivity contribution < 1.29 is 4.79 Å². The minimum Gasteiger partial charge on any atom is -0.352 e. The number of hydrogen-bond donors (Lipinski definition) is 0. The van der Waals surface area contributed by atoms with Crippen molar-refractivity contribution in [3.63, 3.8) is 0 Å². The molecular formula is C23H19BrN4OS. The van der Waals surface area contributed by atoms with Gasteiger partial charge >= 0.3 is 0 Å². The average molecular weight is 479 g/mol. The Labute approximate surface area is 187 Å². The first-order valence-electron chi connectivity index (χ1n) is 9.79. The molecule has 5 rings (SSSR count). The number of piperazine rings is 1. The lowest BCUT2D eigenvalue weighted by Crippen LogP contribution is -2.49. The summed E-state index contributed by atoms with van der Waals surface area (Å²) >= 11 is 5.03. The van der Waals surface area contributed by atoms with Gasteiger partial charge < -0.3 is 9.80 Å². The molecule has 0 N–H and O–H groups in total. The Bertz CT molecular complexity index is 1200. The van der Waals surface area contributed by atoms with Crippen LogP contribution in [0.3, 0.4) is 0 Å². The molecule has 5 nitrogen and oxygen atoms in total. The number of hydrogen-bond acceptors (Lipinski definition) is 5. The van der Waals surface area contributed by atoms with Crippen LogP contribution < -0.4 is 4.90 Å². The summed E-state index contributed by atoms with van der Waals surface area (Å²) in [6, 6.07) is 20.0. The van der Waals surface area contributed by atoms with Crippen LogP contribution >= 0.6 is 27.3 Å². The predicted octanol–water partition coefficient (Wildman–Crippen LogP) is 5.08. The number of fused-ring (bicyclic) bond motifs is 1. The highest BCUT2D eigenvalue weighted by molar-refractivity contribution is 9.10. The third-order valence-corrected chi connectivity index (χ3v) is 6.62. The summed E-state index contributed by atoms with van der Waals surface area (Å²) in [5.41, 5.74) is 1.90. The summed E-state index contributed by atoms with van der Waals surface area (Å²) in [6.45, 7) is 2.86. The highest BCUT2D eigenvalue weighted by Gasteiger charge is 2.25. The molecule has 1 fully saturated rings. The van der Waals surface area contributed by atoms with Crippen LogP contribution in [-0.4, -0.2) is 47.0 Å². The van der Waals surface area contributed by atoms with Crippen molar-refractivity contribution in [1.82, 2.24) is 14.9 Å². The Balaban J connectivity index is 1.46. The van der Waals surface area contributed by atoms with Crippen LogP contribution in [0.25, 0.3) is 22.3 Å². The van der Waals surface area contributed by atoms with Gasteiger partial charge in [0.1, 0.15) is 5.82 Å². The molecule has 0 spiro atoms. The Morgan fingerprint density at radius 3 is 2.53 bits per heavy atom. The van der Waals surface area contributed by atoms with Crippen LogP contribution in [-0.2, 0) is 0 Å². The molecule has 3 heterocycles. The largest absolute Gasteiger partial charge is 0.352 e. The van der Waals surface area contributed by atoms with E-state index in [1.54, 1.807) is 0 Å². The van der Waals surface area contributed by atoms with Crippen molar-refractivity contribution in [3.8, 4) is 11.4 Å². The molecular weight excluding hydrogens is 460 g/mol. The fourth-order valence-electron chi connectivity index (χ4n) is 3.74. The molecule has 0 radical (unpaired) electrons. The number of aromatic nitrogens is 2. The lowest BCUT2D eigenvalue weighted by atomic mass is 10.1. The van der Waals surface area contributed by atoms with Crippen molar-refractivity contribution in [3.05, 3.63) is 75.4 Å². The molecule has 0 atom stereocenters. The van der Waals surface area contributed by atoms with Gasteiger partial charge in [-0.05, 0) is 35.7 Å². The summed E-state index contributed by atoms with van der Waals surface area (Å²) in [6.07, 6.45) is 0. The van der Waals surface area contributed by atoms with E-state index in [2.05, 4.69) is 26.9 Å². The van der Waals surface area contributed by atoms with Crippen LogP contribution in [0.1, 0.15) is 9.67 Å². The van der Waals surface area contributed by atoms with Crippen molar-refractivity contribution in [2.45, 2.75) is 0 Å². The number of rotatable bonds is 3. The van der Waals surface area contributed by atoms with Gasteiger partial charge in [0, 0.05) is 41.6 Å². The SMILES string of the molecule is O=C(c1cccs1)N1CCN(c2nc(-c3cccc(Br)c3)nc3ccccc23)CC1. The number of carbonyl (C=O) groups excluding carboxylic acids is 1. The third kappa shape index (κ3) is 3.70. The first-order chi connectivity index (χ1) is 14.7. The van der Waals surface area contributed by atoms with Gasteiger partial charge in [-0.15, -0.1) is 11.3 Å². The Hall–Kier alpha value is -2.77. The minimum atomic E-state index is 0.118. The summed E-state index contributed by atoms with van der Waals surface area (Å²) in [7, 11) is 0. The minimum absolute atomic E-state index is 0.118. The van der Waals surface area contributed by atoms with Crippen molar-refractivity contribution >= 4 is 49.9 Å². The Morgan fingerprint density at radius 2 is 1.77 bits per heavy atom. The van der Waals surface area contributed by atoms with Crippen LogP contribution in [0.4, 0.5) is 5.82 Å². The molecule has 1 aliphatic heterocycles. The smallest absolute Gasteiger partial charge is 0.264 e. The van der Waals surface area contributed by atoms with E-state index in [4.69, 9.17) is 9.97 Å². The van der Waals surface area contributed by atoms with Gasteiger partial charge in [-0.1, -0.05) is 46.3 Å². The molecule has 1 aliphatic rings. The molecule has 150 valence electrons. The molecule has 1 saturated heterocycles. The predicted molar refractivity (Wildman–Crippen MR) is 125 cm³/mol. The maximum atomic E-state index is 12.7. The molecule has 2 aromatic heterocycles. The van der Waals surface area contributed by atoms with Crippen molar-refractivity contribution in [2.24, 2.45) is 0 Å². The van der Waals surface area contributed by atoms with E-state index in [-0.39, 0.29) is 5.91 Å². The second-order valence-corrected chi connectivity index (χ2v) is 9.02. The van der Waals surface area contributed by atoms with Gasteiger partial charge in [-0.3, -0.25) is 4.79 Å². The number of amides is 1. The maximum absolute atomic E-state index is 12.7. The second kappa shape index (κ2) is 8.16. The third-order valence-electron chi connectivity index (χ3n) is 5.26. The van der Waals surface area contributed by atoms with E-state index in [0.29, 0.717) is 18.9 Å². The first-order valence-corrected chi connectivity index (χ1v) is 11.5. The van der Waals surface area contributed by atoms with E-state index < -0.39 is 0 Å². The van der Waals surface area contributed by atoms with Gasteiger partial charge in [-0.2, -0.15) is 0 Å². The number of para-hydroxylation sites is 1. The van der Waals surface area contributed by atoms with Gasteiger partial charge in [-0.25, -0.2) is 9.97 Å². The van der Waals surface area contributed by atoms with Gasteiger partial charge in [0.25, 0.3) is 5.91 Å². The van der Waals surface area contributed by atoms with E-state index in [1.807, 2.05) is 64.9 Å². The molecule has 0 bridgehead atoms. The van der Waals surface area contributed by atoms with Gasteiger partial charge in [0.15, 0.2) is 5.82 Å². The van der Waals surface area contributed by atoms with Crippen molar-refractivity contribution in [1.29, 1.82) is 0 Å². The molecule has 0 aliphatic carbocycles. The molecule has 2 aromatic carbocycles. The molecule has 4 aromatic rings. The fourth-order valence-corrected chi connectivity index (χ4v) is 4.83. The summed E-state index contributed by atoms with van der Waals surface area (Å²) < 4.78 is 0.999. The quantitative estimate of drug-likeness (QED) is 0.411. The summed E-state index contributed by atoms with van der Waals surface area (Å²) in [5.74, 6) is 1.76. The highest BCUT2D eigenvalue weighted by Crippen LogP contribution is 2.29. The summed E-state index contributed by atoms with van der Waals surface area (Å²) in [4.78, 5) is 27.4. The van der Waals surface area contributed by atoms with E-state index in [9.17, 15) is 4.79 Å². The van der Waals surface area contributed by atoms with E-state index in [1.165, 1.54) is 11.3 Å². The summed E-state index contributed by atoms with van der Waals surface area (Å²) in [5, 5.41) is 2.98.